The number of nitrogens with zero attached hydrogens (tertiary/aromatic N) is 1. The highest BCUT2D eigenvalue weighted by Crippen LogP contribution is 2.28. The van der Waals surface area contributed by atoms with Crippen LogP contribution in [0.1, 0.15) is 6.42 Å². The van der Waals surface area contributed by atoms with Crippen molar-refractivity contribution in [1.29, 1.82) is 0 Å². The van der Waals surface area contributed by atoms with Gasteiger partial charge in [0.05, 0.1) is 0 Å². The number of aromatic hydroxyl groups is 1. The fraction of sp³-hybridized carbons (Fsp3) is 0.400. The van der Waals surface area contributed by atoms with Crippen LogP contribution in [0.5, 0.6) is 5.75 Å². The molecule has 0 radical (unpaired) electrons. The molecule has 0 spiro atoms. The Morgan fingerprint density at radius 3 is 2.64 bits per heavy atom. The van der Waals surface area contributed by atoms with Crippen molar-refractivity contribution in [3.05, 3.63) is 24.3 Å². The van der Waals surface area contributed by atoms with Crippen molar-refractivity contribution in [2.75, 3.05) is 13.1 Å². The normalized spacial score (nSPS) is 22.8. The van der Waals surface area contributed by atoms with E-state index in [0.29, 0.717) is 13.0 Å². The number of halogens is 1. The monoisotopic (exact) mass is 213 g/mol. The second-order valence-corrected chi connectivity index (χ2v) is 4.53. The van der Waals surface area contributed by atoms with Crippen LogP contribution in [0.25, 0.3) is 0 Å². The van der Waals surface area contributed by atoms with Gasteiger partial charge in [0.2, 0.25) is 0 Å². The molecule has 4 heteroatoms. The summed E-state index contributed by atoms with van der Waals surface area (Å²) in [5.74, 6) is 0.263. The van der Waals surface area contributed by atoms with Crippen molar-refractivity contribution >= 4 is 11.9 Å². The molecular weight excluding hydrogens is 201 g/mol. The minimum Gasteiger partial charge on any atom is -0.508 e. The molecule has 0 unspecified atom stereocenters. The highest BCUT2D eigenvalue weighted by Gasteiger charge is 2.22. The number of phenolic OH excluding ortho intramolecular Hbond substituents is 1. The van der Waals surface area contributed by atoms with Crippen molar-refractivity contribution in [1.82, 2.24) is 4.31 Å². The lowest BCUT2D eigenvalue weighted by molar-refractivity contribution is 0.349. The lowest BCUT2D eigenvalue weighted by Crippen LogP contribution is -2.11. The van der Waals surface area contributed by atoms with Gasteiger partial charge in [0.15, 0.2) is 0 Å². The smallest absolute Gasteiger partial charge is 0.115 e. The average molecular weight is 213 g/mol. The summed E-state index contributed by atoms with van der Waals surface area (Å²) in [4.78, 5) is 1.04. The second-order valence-electron chi connectivity index (χ2n) is 3.36. The minimum absolute atomic E-state index is 0.263. The summed E-state index contributed by atoms with van der Waals surface area (Å²) in [6.45, 7) is 1.30. The van der Waals surface area contributed by atoms with Crippen molar-refractivity contribution in [2.45, 2.75) is 17.5 Å². The molecule has 1 aliphatic rings. The molecule has 0 bridgehead atoms. The predicted octanol–water partition coefficient (Wildman–Crippen LogP) is 2.44. The van der Waals surface area contributed by atoms with E-state index in [1.165, 1.54) is 0 Å². The Hall–Kier alpha value is -0.740. The maximum absolute atomic E-state index is 12.8. The number of alkyl halides is 1. The first kappa shape index (κ1) is 9.80. The van der Waals surface area contributed by atoms with Gasteiger partial charge < -0.3 is 5.11 Å². The van der Waals surface area contributed by atoms with Crippen LogP contribution in [0, 0.1) is 0 Å². The minimum atomic E-state index is -0.681. The van der Waals surface area contributed by atoms with Gasteiger partial charge in [-0.3, -0.25) is 0 Å². The molecule has 14 heavy (non-hydrogen) atoms. The molecule has 76 valence electrons. The molecule has 2 rings (SSSR count). The number of hydrogen-bond donors (Lipinski definition) is 1. The predicted molar refractivity (Wildman–Crippen MR) is 55.0 cm³/mol. The molecule has 0 amide bonds. The van der Waals surface area contributed by atoms with E-state index in [-0.39, 0.29) is 5.75 Å². The van der Waals surface area contributed by atoms with Crippen LogP contribution in [0.4, 0.5) is 4.39 Å². The van der Waals surface area contributed by atoms with Crippen molar-refractivity contribution in [3.63, 3.8) is 0 Å². The first-order valence-corrected chi connectivity index (χ1v) is 5.37. The van der Waals surface area contributed by atoms with Crippen LogP contribution in [-0.2, 0) is 0 Å². The van der Waals surface area contributed by atoms with E-state index in [2.05, 4.69) is 0 Å². The third-order valence-corrected chi connectivity index (χ3v) is 3.24. The van der Waals surface area contributed by atoms with Crippen LogP contribution in [-0.4, -0.2) is 28.7 Å². The zero-order chi connectivity index (χ0) is 9.97. The molecule has 1 fully saturated rings. The zero-order valence-electron chi connectivity index (χ0n) is 7.69. The first-order valence-electron chi connectivity index (χ1n) is 4.60. The van der Waals surface area contributed by atoms with Gasteiger partial charge in [-0.25, -0.2) is 8.70 Å². The highest BCUT2D eigenvalue weighted by molar-refractivity contribution is 7.97. The molecule has 1 atom stereocenters. The molecule has 1 saturated heterocycles. The Kier molecular flexibility index (Phi) is 2.93. The molecule has 0 aliphatic carbocycles. The summed E-state index contributed by atoms with van der Waals surface area (Å²) in [6, 6.07) is 6.97. The standard InChI is InChI=1S/C10H12FNOS/c11-8-5-6-12(7-8)14-10-3-1-9(13)2-4-10/h1-4,8,13H,5-7H2/t8-/m0/s1. The fourth-order valence-corrected chi connectivity index (χ4v) is 2.42. The summed E-state index contributed by atoms with van der Waals surface area (Å²) in [6.07, 6.45) is -0.0509. The molecule has 1 heterocycles. The van der Waals surface area contributed by atoms with E-state index < -0.39 is 6.17 Å². The molecule has 1 aromatic rings. The number of hydrogen-bond acceptors (Lipinski definition) is 3. The molecule has 1 aromatic carbocycles. The topological polar surface area (TPSA) is 23.5 Å². The maximum atomic E-state index is 12.8. The molecule has 0 aromatic heterocycles. The fourth-order valence-electron chi connectivity index (χ4n) is 1.43. The van der Waals surface area contributed by atoms with Gasteiger partial charge in [-0.2, -0.15) is 0 Å². The van der Waals surface area contributed by atoms with Gasteiger partial charge in [-0.05, 0) is 42.6 Å². The van der Waals surface area contributed by atoms with E-state index in [1.54, 1.807) is 24.1 Å². The van der Waals surface area contributed by atoms with Gasteiger partial charge in [-0.15, -0.1) is 0 Å². The molecule has 0 saturated carbocycles. The van der Waals surface area contributed by atoms with E-state index in [9.17, 15) is 4.39 Å². The van der Waals surface area contributed by atoms with Gasteiger partial charge >= 0.3 is 0 Å². The average Bonchev–Trinajstić information content (AvgIpc) is 2.56. The third kappa shape index (κ3) is 2.39. The maximum Gasteiger partial charge on any atom is 0.115 e. The molecule has 1 aliphatic heterocycles. The van der Waals surface area contributed by atoms with Gasteiger partial charge in [0.25, 0.3) is 0 Å². The summed E-state index contributed by atoms with van der Waals surface area (Å²) in [5.41, 5.74) is 0. The molecule has 1 N–H and O–H groups in total. The van der Waals surface area contributed by atoms with Crippen LogP contribution in [0.2, 0.25) is 0 Å². The first-order chi connectivity index (χ1) is 6.74. The van der Waals surface area contributed by atoms with Gasteiger partial charge in [-0.1, -0.05) is 0 Å². The number of rotatable bonds is 2. The lowest BCUT2D eigenvalue weighted by Gasteiger charge is -2.12. The highest BCUT2D eigenvalue weighted by atomic mass is 32.2. The Balaban J connectivity index is 1.94. The lowest BCUT2D eigenvalue weighted by atomic mass is 10.3. The van der Waals surface area contributed by atoms with E-state index in [4.69, 9.17) is 5.11 Å². The largest absolute Gasteiger partial charge is 0.508 e. The Bertz CT molecular complexity index is 303. The molecular formula is C10H12FNOS. The van der Waals surface area contributed by atoms with Crippen LogP contribution < -0.4 is 0 Å². The van der Waals surface area contributed by atoms with Crippen LogP contribution >= 0.6 is 11.9 Å². The SMILES string of the molecule is Oc1ccc(SN2CC[C@H](F)C2)cc1. The Morgan fingerprint density at radius 1 is 1.36 bits per heavy atom. The number of benzene rings is 1. The Labute approximate surface area is 86.9 Å². The summed E-state index contributed by atoms with van der Waals surface area (Å²) >= 11 is 1.55. The van der Waals surface area contributed by atoms with E-state index in [1.807, 2.05) is 16.4 Å². The second kappa shape index (κ2) is 4.19. The molecule has 2 nitrogen and oxygen atoms in total. The third-order valence-electron chi connectivity index (χ3n) is 2.16. The number of phenols is 1. The van der Waals surface area contributed by atoms with E-state index in [0.717, 1.165) is 11.4 Å². The van der Waals surface area contributed by atoms with Crippen LogP contribution in [0.3, 0.4) is 0 Å². The van der Waals surface area contributed by atoms with E-state index >= 15 is 0 Å². The quantitative estimate of drug-likeness (QED) is 0.763. The zero-order valence-corrected chi connectivity index (χ0v) is 8.51. The van der Waals surface area contributed by atoms with Gasteiger partial charge in [0, 0.05) is 18.0 Å². The van der Waals surface area contributed by atoms with Crippen LogP contribution in [0.15, 0.2) is 29.2 Å². The summed E-state index contributed by atoms with van der Waals surface area (Å²) in [7, 11) is 0. The summed E-state index contributed by atoms with van der Waals surface area (Å²) in [5, 5.41) is 9.08. The Morgan fingerprint density at radius 2 is 2.07 bits per heavy atom. The summed E-state index contributed by atoms with van der Waals surface area (Å²) < 4.78 is 14.9. The van der Waals surface area contributed by atoms with Gasteiger partial charge in [0.1, 0.15) is 11.9 Å². The van der Waals surface area contributed by atoms with Crippen molar-refractivity contribution in [2.24, 2.45) is 0 Å². The van der Waals surface area contributed by atoms with Crippen molar-refractivity contribution < 1.29 is 9.50 Å². The van der Waals surface area contributed by atoms with Crippen molar-refractivity contribution in [3.8, 4) is 5.75 Å².